The summed E-state index contributed by atoms with van der Waals surface area (Å²) in [5.74, 6) is -0.456. The molecular weight excluding hydrogens is 328 g/mol. The van der Waals surface area contributed by atoms with Crippen molar-refractivity contribution in [2.45, 2.75) is 26.7 Å². The van der Waals surface area contributed by atoms with E-state index in [9.17, 15) is 9.59 Å². The Bertz CT molecular complexity index is 592. The molecule has 6 heteroatoms. The Hall–Kier alpha value is -1.92. The lowest BCUT2D eigenvalue weighted by atomic mass is 10.0. The molecule has 1 aliphatic heterocycles. The van der Waals surface area contributed by atoms with Gasteiger partial charge in [-0.3, -0.25) is 9.59 Å². The van der Waals surface area contributed by atoms with Gasteiger partial charge >= 0.3 is 11.8 Å². The molecule has 1 heterocycles. The maximum atomic E-state index is 12.0. The van der Waals surface area contributed by atoms with Gasteiger partial charge in [0.25, 0.3) is 0 Å². The molecule has 1 aromatic carbocycles. The third-order valence-electron chi connectivity index (χ3n) is 4.82. The average molecular weight is 361 g/mol. The van der Waals surface area contributed by atoms with Crippen LogP contribution in [0.25, 0.3) is 0 Å². The second kappa shape index (κ2) is 9.69. The highest BCUT2D eigenvalue weighted by atomic mass is 16.2. The van der Waals surface area contributed by atoms with E-state index in [1.807, 2.05) is 24.3 Å². The van der Waals surface area contributed by atoms with Crippen LogP contribution in [0.1, 0.15) is 32.3 Å². The van der Waals surface area contributed by atoms with Gasteiger partial charge in [0.15, 0.2) is 0 Å². The molecule has 1 aliphatic rings. The summed E-state index contributed by atoms with van der Waals surface area (Å²) >= 11 is 0. The summed E-state index contributed by atoms with van der Waals surface area (Å²) < 4.78 is 0. The van der Waals surface area contributed by atoms with E-state index in [1.54, 1.807) is 0 Å². The van der Waals surface area contributed by atoms with E-state index in [4.69, 9.17) is 0 Å². The SMILES string of the molecule is CC(CNC(=O)C(=O)Nc1ccc(C(C)C)cc1)CN1CCN(C)CC1. The Morgan fingerprint density at radius 3 is 2.19 bits per heavy atom. The minimum atomic E-state index is -0.617. The van der Waals surface area contributed by atoms with Crippen LogP contribution in [0.4, 0.5) is 5.69 Å². The Kier molecular flexibility index (Phi) is 7.60. The standard InChI is InChI=1S/C20H32N4O2/c1-15(2)17-5-7-18(8-6-17)22-20(26)19(25)21-13-16(3)14-24-11-9-23(4)10-12-24/h5-8,15-16H,9-14H2,1-4H3,(H,21,25)(H,22,26). The lowest BCUT2D eigenvalue weighted by Gasteiger charge is -2.33. The zero-order valence-electron chi connectivity index (χ0n) is 16.4. The van der Waals surface area contributed by atoms with E-state index in [0.717, 1.165) is 32.7 Å². The average Bonchev–Trinajstić information content (AvgIpc) is 2.62. The van der Waals surface area contributed by atoms with Crippen LogP contribution < -0.4 is 10.6 Å². The van der Waals surface area contributed by atoms with E-state index < -0.39 is 11.8 Å². The Labute approximate surface area is 156 Å². The van der Waals surface area contributed by atoms with Crippen LogP contribution in [0.3, 0.4) is 0 Å². The molecule has 0 radical (unpaired) electrons. The van der Waals surface area contributed by atoms with Crippen LogP contribution in [-0.2, 0) is 9.59 Å². The number of carbonyl (C=O) groups is 2. The van der Waals surface area contributed by atoms with Gasteiger partial charge in [-0.05, 0) is 36.6 Å². The Morgan fingerprint density at radius 1 is 1.00 bits per heavy atom. The summed E-state index contributed by atoms with van der Waals surface area (Å²) in [5, 5.41) is 5.39. The maximum Gasteiger partial charge on any atom is 0.313 e. The van der Waals surface area contributed by atoms with Crippen LogP contribution in [0, 0.1) is 5.92 Å². The van der Waals surface area contributed by atoms with Crippen molar-refractivity contribution in [3.05, 3.63) is 29.8 Å². The molecule has 26 heavy (non-hydrogen) atoms. The van der Waals surface area contributed by atoms with Crippen molar-refractivity contribution in [1.29, 1.82) is 0 Å². The summed E-state index contributed by atoms with van der Waals surface area (Å²) in [7, 11) is 2.13. The van der Waals surface area contributed by atoms with E-state index in [-0.39, 0.29) is 0 Å². The van der Waals surface area contributed by atoms with E-state index in [1.165, 1.54) is 5.56 Å². The van der Waals surface area contributed by atoms with Crippen molar-refractivity contribution in [2.24, 2.45) is 5.92 Å². The van der Waals surface area contributed by atoms with Crippen LogP contribution >= 0.6 is 0 Å². The summed E-state index contributed by atoms with van der Waals surface area (Å²) in [6.45, 7) is 12.0. The maximum absolute atomic E-state index is 12.0. The first-order valence-electron chi connectivity index (χ1n) is 9.45. The molecule has 1 aromatic rings. The summed E-state index contributed by atoms with van der Waals surface area (Å²) in [4.78, 5) is 28.8. The van der Waals surface area contributed by atoms with Crippen molar-refractivity contribution in [3.8, 4) is 0 Å². The molecule has 2 rings (SSSR count). The molecule has 6 nitrogen and oxygen atoms in total. The Balaban J connectivity index is 1.71. The zero-order chi connectivity index (χ0) is 19.1. The lowest BCUT2D eigenvalue weighted by Crippen LogP contribution is -2.47. The van der Waals surface area contributed by atoms with Gasteiger partial charge in [-0.1, -0.05) is 32.9 Å². The summed E-state index contributed by atoms with van der Waals surface area (Å²) in [5.41, 5.74) is 1.84. The molecule has 2 amide bonds. The third-order valence-corrected chi connectivity index (χ3v) is 4.82. The van der Waals surface area contributed by atoms with Gasteiger partial charge in [0.05, 0.1) is 0 Å². The number of amides is 2. The van der Waals surface area contributed by atoms with Crippen molar-refractivity contribution >= 4 is 17.5 Å². The number of carbonyl (C=O) groups excluding carboxylic acids is 2. The van der Waals surface area contributed by atoms with E-state index >= 15 is 0 Å². The molecular formula is C20H32N4O2. The molecule has 144 valence electrons. The number of rotatable bonds is 6. The molecule has 1 atom stereocenters. The molecule has 0 spiro atoms. The number of anilines is 1. The first-order valence-corrected chi connectivity index (χ1v) is 9.45. The van der Waals surface area contributed by atoms with Gasteiger partial charge in [0, 0.05) is 45.0 Å². The monoisotopic (exact) mass is 360 g/mol. The topological polar surface area (TPSA) is 64.7 Å². The summed E-state index contributed by atoms with van der Waals surface area (Å²) in [6.07, 6.45) is 0. The van der Waals surface area contributed by atoms with E-state index in [2.05, 4.69) is 48.3 Å². The van der Waals surface area contributed by atoms with Crippen LogP contribution in [0.5, 0.6) is 0 Å². The van der Waals surface area contributed by atoms with Gasteiger partial charge in [0.2, 0.25) is 0 Å². The predicted octanol–water partition coefficient (Wildman–Crippen LogP) is 1.75. The van der Waals surface area contributed by atoms with Gasteiger partial charge in [-0.25, -0.2) is 0 Å². The molecule has 0 saturated carbocycles. The second-order valence-electron chi connectivity index (χ2n) is 7.65. The normalized spacial score (nSPS) is 17.1. The predicted molar refractivity (Wildman–Crippen MR) is 105 cm³/mol. The molecule has 2 N–H and O–H groups in total. The largest absolute Gasteiger partial charge is 0.348 e. The highest BCUT2D eigenvalue weighted by Gasteiger charge is 2.18. The minimum absolute atomic E-state index is 0.306. The lowest BCUT2D eigenvalue weighted by molar-refractivity contribution is -0.136. The molecule has 0 aromatic heterocycles. The van der Waals surface area contributed by atoms with Crippen molar-refractivity contribution in [2.75, 3.05) is 51.6 Å². The number of benzene rings is 1. The molecule has 1 unspecified atom stereocenters. The van der Waals surface area contributed by atoms with Crippen molar-refractivity contribution in [1.82, 2.24) is 15.1 Å². The summed E-state index contributed by atoms with van der Waals surface area (Å²) in [6, 6.07) is 7.60. The third kappa shape index (κ3) is 6.42. The van der Waals surface area contributed by atoms with Crippen LogP contribution in [0.2, 0.25) is 0 Å². The highest BCUT2D eigenvalue weighted by molar-refractivity contribution is 6.39. The number of hydrogen-bond donors (Lipinski definition) is 2. The number of hydrogen-bond acceptors (Lipinski definition) is 4. The molecule has 1 saturated heterocycles. The van der Waals surface area contributed by atoms with Gasteiger partial charge in [-0.15, -0.1) is 0 Å². The molecule has 1 fully saturated rings. The van der Waals surface area contributed by atoms with E-state index in [0.29, 0.717) is 24.1 Å². The number of nitrogens with one attached hydrogen (secondary N) is 2. The fraction of sp³-hybridized carbons (Fsp3) is 0.600. The number of nitrogens with zero attached hydrogens (tertiary/aromatic N) is 2. The van der Waals surface area contributed by atoms with Crippen LogP contribution in [0.15, 0.2) is 24.3 Å². The second-order valence-corrected chi connectivity index (χ2v) is 7.65. The number of likely N-dealkylation sites (N-methyl/N-ethyl adjacent to an activating group) is 1. The fourth-order valence-corrected chi connectivity index (χ4v) is 3.02. The highest BCUT2D eigenvalue weighted by Crippen LogP contribution is 2.17. The molecule has 0 aliphatic carbocycles. The minimum Gasteiger partial charge on any atom is -0.348 e. The quantitative estimate of drug-likeness (QED) is 0.759. The van der Waals surface area contributed by atoms with Crippen LogP contribution in [-0.4, -0.2) is 67.9 Å². The van der Waals surface area contributed by atoms with Gasteiger partial charge in [0.1, 0.15) is 0 Å². The van der Waals surface area contributed by atoms with Gasteiger partial charge < -0.3 is 20.4 Å². The first kappa shape index (κ1) is 20.4. The van der Waals surface area contributed by atoms with Gasteiger partial charge in [-0.2, -0.15) is 0 Å². The molecule has 0 bridgehead atoms. The zero-order valence-corrected chi connectivity index (χ0v) is 16.4. The smallest absolute Gasteiger partial charge is 0.313 e. The fourth-order valence-electron chi connectivity index (χ4n) is 3.02. The van der Waals surface area contributed by atoms with Crippen molar-refractivity contribution in [3.63, 3.8) is 0 Å². The number of piperazine rings is 1. The Morgan fingerprint density at radius 2 is 1.62 bits per heavy atom. The van der Waals surface area contributed by atoms with Crippen molar-refractivity contribution < 1.29 is 9.59 Å². The first-order chi connectivity index (χ1) is 12.3.